The minimum atomic E-state index is -3.87. The molecule has 1 saturated carbocycles. The third-order valence-electron chi connectivity index (χ3n) is 3.30. The zero-order valence-electron chi connectivity index (χ0n) is 9.21. The van der Waals surface area contributed by atoms with Crippen molar-refractivity contribution in [3.63, 3.8) is 0 Å². The van der Waals surface area contributed by atoms with Crippen molar-refractivity contribution in [2.45, 2.75) is 38.0 Å². The predicted molar refractivity (Wildman–Crippen MR) is 65.5 cm³/mol. The summed E-state index contributed by atoms with van der Waals surface area (Å²) < 4.78 is 0. The topological polar surface area (TPSA) is 60.7 Å². The summed E-state index contributed by atoms with van der Waals surface area (Å²) in [5.74, 6) is 0.371. The lowest BCUT2D eigenvalue weighted by Crippen LogP contribution is -2.19. The van der Waals surface area contributed by atoms with Gasteiger partial charge in [0, 0.05) is 5.56 Å². The highest BCUT2D eigenvalue weighted by Crippen LogP contribution is 2.46. The molecule has 0 aliphatic heterocycles. The lowest BCUT2D eigenvalue weighted by molar-refractivity contribution is 0.346. The summed E-state index contributed by atoms with van der Waals surface area (Å²) in [5, 5.41) is 0.335. The van der Waals surface area contributed by atoms with Gasteiger partial charge in [-0.25, -0.2) is 0 Å². The molecule has 1 aliphatic rings. The van der Waals surface area contributed by atoms with Gasteiger partial charge >= 0.3 is 7.94 Å². The second-order valence-corrected chi connectivity index (χ2v) is 6.08. The largest absolute Gasteiger partial charge is 0.441 e. The van der Waals surface area contributed by atoms with Gasteiger partial charge in [0.2, 0.25) is 0 Å². The third kappa shape index (κ3) is 2.61. The monoisotopic (exact) mass is 241 g/mol. The molecule has 0 unspecified atom stereocenters. The lowest BCUT2D eigenvalue weighted by Gasteiger charge is -2.23. The fraction of sp³-hybridized carbons (Fsp3) is 0.500. The van der Waals surface area contributed by atoms with Crippen molar-refractivity contribution in [1.29, 1.82) is 0 Å². The van der Waals surface area contributed by atoms with Gasteiger partial charge in [0.15, 0.2) is 5.30 Å². The molecule has 0 atom stereocenters. The Labute approximate surface area is 96.3 Å². The van der Waals surface area contributed by atoms with Gasteiger partial charge in [-0.05, 0) is 24.8 Å². The normalized spacial score (nSPS) is 18.7. The first-order valence-electron chi connectivity index (χ1n) is 5.76. The molecule has 3 nitrogen and oxygen atoms in total. The van der Waals surface area contributed by atoms with Crippen LogP contribution in [0.2, 0.25) is 0 Å². The van der Waals surface area contributed by atoms with E-state index in [9.17, 15) is 14.7 Å². The maximum absolute atomic E-state index is 9.42. The summed E-state index contributed by atoms with van der Waals surface area (Å²) in [5.41, 5.74) is 0.919. The molecule has 0 spiro atoms. The van der Waals surface area contributed by atoms with E-state index < -0.39 is 7.94 Å². The molecule has 0 radical (unpaired) electrons. The molecule has 4 heteroatoms. The molecule has 1 aliphatic carbocycles. The zero-order valence-corrected chi connectivity index (χ0v) is 10.1. The van der Waals surface area contributed by atoms with Crippen LogP contribution < -0.4 is 5.30 Å². The van der Waals surface area contributed by atoms with E-state index in [0.29, 0.717) is 11.2 Å². The first-order valence-corrected chi connectivity index (χ1v) is 7.40. The Hall–Kier alpha value is -0.470. The molecule has 1 aromatic rings. The number of benzene rings is 1. The fourth-order valence-electron chi connectivity index (χ4n) is 2.52. The first-order chi connectivity index (χ1) is 7.59. The van der Waals surface area contributed by atoms with Crippen LogP contribution in [0.5, 0.6) is 0 Å². The van der Waals surface area contributed by atoms with Crippen LogP contribution in [0.4, 0.5) is 0 Å². The van der Waals surface area contributed by atoms with Crippen LogP contribution in [0.1, 0.15) is 43.6 Å². The number of hydrogen-bond donors (Lipinski definition) is 3. The molecule has 0 amide bonds. The van der Waals surface area contributed by atoms with Crippen molar-refractivity contribution in [2.24, 2.45) is 0 Å². The van der Waals surface area contributed by atoms with Gasteiger partial charge in [-0.1, -0.05) is 37.5 Å². The smallest absolute Gasteiger partial charge is 0.189 e. The van der Waals surface area contributed by atoms with E-state index in [1.54, 1.807) is 12.1 Å². The molecule has 0 bridgehead atoms. The van der Waals surface area contributed by atoms with Crippen molar-refractivity contribution >= 4 is 13.2 Å². The maximum Gasteiger partial charge on any atom is 0.441 e. The fourth-order valence-corrected chi connectivity index (χ4v) is 3.41. The van der Waals surface area contributed by atoms with Crippen LogP contribution in [-0.4, -0.2) is 14.7 Å². The molecule has 2 rings (SSSR count). The van der Waals surface area contributed by atoms with Crippen LogP contribution in [0, 0.1) is 0 Å². The Bertz CT molecular complexity index is 354. The average molecular weight is 241 g/mol. The van der Waals surface area contributed by atoms with Gasteiger partial charge in [0.05, 0.1) is 0 Å². The lowest BCUT2D eigenvalue weighted by atomic mass is 9.84. The summed E-state index contributed by atoms with van der Waals surface area (Å²) >= 11 is 0. The van der Waals surface area contributed by atoms with E-state index in [0.717, 1.165) is 18.4 Å². The molecule has 0 heterocycles. The van der Waals surface area contributed by atoms with E-state index in [-0.39, 0.29) is 0 Å². The molecule has 1 aromatic carbocycles. The summed E-state index contributed by atoms with van der Waals surface area (Å²) in [6.45, 7) is 0. The van der Waals surface area contributed by atoms with Gasteiger partial charge < -0.3 is 0 Å². The molecule has 88 valence electrons. The molecule has 0 aromatic heterocycles. The Kier molecular flexibility index (Phi) is 3.60. The summed E-state index contributed by atoms with van der Waals surface area (Å²) in [4.78, 5) is 28.3. The van der Waals surface area contributed by atoms with Crippen LogP contribution >= 0.6 is 7.94 Å². The van der Waals surface area contributed by atoms with Crippen LogP contribution in [0.15, 0.2) is 24.3 Å². The number of hydrogen-bond acceptors (Lipinski definition) is 3. The Balaban J connectivity index is 2.32. The first kappa shape index (κ1) is 12.0. The quantitative estimate of drug-likeness (QED) is 0.695. The van der Waals surface area contributed by atoms with Gasteiger partial charge in [-0.3, -0.25) is 0 Å². The highest BCUT2D eigenvalue weighted by atomic mass is 31.2. The van der Waals surface area contributed by atoms with E-state index in [2.05, 4.69) is 0 Å². The molecule has 3 N–H and O–H groups in total. The van der Waals surface area contributed by atoms with Gasteiger partial charge in [-0.15, -0.1) is 0 Å². The highest BCUT2D eigenvalue weighted by Gasteiger charge is 2.38. The van der Waals surface area contributed by atoms with Crippen LogP contribution in [0.25, 0.3) is 0 Å². The van der Waals surface area contributed by atoms with Crippen LogP contribution in [-0.2, 0) is 0 Å². The Morgan fingerprint density at radius 1 is 0.938 bits per heavy atom. The highest BCUT2D eigenvalue weighted by molar-refractivity contribution is 7.66. The summed E-state index contributed by atoms with van der Waals surface area (Å²) in [6, 6.07) is 7.16. The van der Waals surface area contributed by atoms with E-state index in [4.69, 9.17) is 0 Å². The summed E-state index contributed by atoms with van der Waals surface area (Å²) in [7, 11) is -3.87. The maximum atomic E-state index is 9.42. The molecule has 0 saturated heterocycles. The van der Waals surface area contributed by atoms with Crippen molar-refractivity contribution < 1.29 is 14.7 Å². The van der Waals surface area contributed by atoms with Crippen molar-refractivity contribution in [2.75, 3.05) is 0 Å². The van der Waals surface area contributed by atoms with Gasteiger partial charge in [-0.2, -0.15) is 14.7 Å². The number of rotatable bonds is 2. The van der Waals surface area contributed by atoms with Crippen molar-refractivity contribution in [3.8, 4) is 0 Å². The molecule has 16 heavy (non-hydrogen) atoms. The van der Waals surface area contributed by atoms with Crippen LogP contribution in [0.3, 0.4) is 0 Å². The Morgan fingerprint density at radius 3 is 2.19 bits per heavy atom. The molecule has 1 fully saturated rings. The minimum absolute atomic E-state index is 0.335. The molecular formula is C12H18O3P+. The third-order valence-corrected chi connectivity index (χ3v) is 4.36. The minimum Gasteiger partial charge on any atom is -0.189 e. The average Bonchev–Trinajstić information content (AvgIpc) is 2.29. The van der Waals surface area contributed by atoms with E-state index >= 15 is 0 Å². The Morgan fingerprint density at radius 2 is 1.56 bits per heavy atom. The summed E-state index contributed by atoms with van der Waals surface area (Å²) in [6.07, 6.45) is 5.80. The standard InChI is InChI=1S/C12H18O3P/c13-16(14,15)12-9-5-4-8-11(12)10-6-2-1-3-7-10/h4-5,8-10,13-15H,1-3,6-7H2/q+1. The zero-order chi connectivity index (χ0) is 11.6. The second-order valence-electron chi connectivity index (χ2n) is 4.46. The predicted octanol–water partition coefficient (Wildman–Crippen LogP) is 2.10. The second kappa shape index (κ2) is 4.80. The van der Waals surface area contributed by atoms with E-state index in [1.807, 2.05) is 12.1 Å². The van der Waals surface area contributed by atoms with Gasteiger partial charge in [0.1, 0.15) is 0 Å². The van der Waals surface area contributed by atoms with Crippen molar-refractivity contribution in [3.05, 3.63) is 29.8 Å². The SMILES string of the molecule is O[P+](O)(O)c1ccccc1C1CCCCC1. The van der Waals surface area contributed by atoms with Gasteiger partial charge in [0.25, 0.3) is 0 Å². The van der Waals surface area contributed by atoms with Crippen molar-refractivity contribution in [1.82, 2.24) is 0 Å². The molecular weight excluding hydrogens is 223 g/mol. The van der Waals surface area contributed by atoms with E-state index in [1.165, 1.54) is 19.3 Å².